The maximum Gasteiger partial charge on any atom is 0.0864 e. The van der Waals surface area contributed by atoms with Crippen molar-refractivity contribution >= 4 is 11.9 Å². The third-order valence-corrected chi connectivity index (χ3v) is 2.37. The van der Waals surface area contributed by atoms with E-state index in [0.717, 1.165) is 23.5 Å². The first-order valence-corrected chi connectivity index (χ1v) is 4.59. The summed E-state index contributed by atoms with van der Waals surface area (Å²) in [5, 5.41) is 0. The molecule has 0 bridgehead atoms. The molecule has 2 heterocycles. The molecule has 0 aromatic heterocycles. The number of fused-ring (bicyclic) bond motifs is 3. The molecule has 0 radical (unpaired) electrons. The average molecular weight is 183 g/mol. The van der Waals surface area contributed by atoms with Crippen molar-refractivity contribution < 1.29 is 0 Å². The maximum atomic E-state index is 4.37. The largest absolute Gasteiger partial charge is 0.311 e. The molecule has 1 aliphatic carbocycles. The number of nitrogens with zero attached hydrogens (tertiary/aromatic N) is 3. The van der Waals surface area contributed by atoms with Gasteiger partial charge in [0.2, 0.25) is 0 Å². The van der Waals surface area contributed by atoms with Crippen molar-refractivity contribution in [2.75, 3.05) is 0 Å². The summed E-state index contributed by atoms with van der Waals surface area (Å²) in [5.74, 6) is 0. The lowest BCUT2D eigenvalue weighted by Crippen LogP contribution is -2.27. The number of rotatable bonds is 0. The Bertz CT molecular complexity index is 447. The van der Waals surface area contributed by atoms with Gasteiger partial charge >= 0.3 is 0 Å². The highest BCUT2D eigenvalue weighted by atomic mass is 15.2. The van der Waals surface area contributed by atoms with Gasteiger partial charge in [-0.15, -0.1) is 0 Å². The summed E-state index contributed by atoms with van der Waals surface area (Å²) in [4.78, 5) is 10.5. The van der Waals surface area contributed by atoms with Crippen LogP contribution < -0.4 is 0 Å². The second-order valence-corrected chi connectivity index (χ2v) is 3.24. The van der Waals surface area contributed by atoms with Crippen LogP contribution in [0.3, 0.4) is 0 Å². The maximum absolute atomic E-state index is 4.37. The van der Waals surface area contributed by atoms with E-state index in [1.54, 1.807) is 6.20 Å². The van der Waals surface area contributed by atoms with Crippen LogP contribution in [0.1, 0.15) is 6.42 Å². The molecule has 0 spiro atoms. The molecule has 3 aliphatic rings. The van der Waals surface area contributed by atoms with E-state index in [4.69, 9.17) is 0 Å². The summed E-state index contributed by atoms with van der Waals surface area (Å²) >= 11 is 0. The predicted molar refractivity (Wildman–Crippen MR) is 56.8 cm³/mol. The highest BCUT2D eigenvalue weighted by Gasteiger charge is 2.20. The summed E-state index contributed by atoms with van der Waals surface area (Å²) in [7, 11) is 0. The van der Waals surface area contributed by atoms with Crippen LogP contribution in [0, 0.1) is 0 Å². The third kappa shape index (κ3) is 0.988. The van der Waals surface area contributed by atoms with E-state index in [0.29, 0.717) is 0 Å². The van der Waals surface area contributed by atoms with Crippen LogP contribution in [-0.2, 0) is 0 Å². The lowest BCUT2D eigenvalue weighted by Gasteiger charge is -2.29. The number of hydrogen-bond donors (Lipinski definition) is 0. The smallest absolute Gasteiger partial charge is 0.0864 e. The second-order valence-electron chi connectivity index (χ2n) is 3.24. The van der Waals surface area contributed by atoms with Gasteiger partial charge in [0.15, 0.2) is 0 Å². The molecule has 3 nitrogen and oxygen atoms in total. The molecule has 2 aliphatic heterocycles. The number of hydrogen-bond acceptors (Lipinski definition) is 3. The topological polar surface area (TPSA) is 28.0 Å². The van der Waals surface area contributed by atoms with E-state index in [2.05, 4.69) is 33.1 Å². The zero-order valence-corrected chi connectivity index (χ0v) is 7.59. The first-order chi connectivity index (χ1) is 6.95. The Morgan fingerprint density at radius 3 is 3.36 bits per heavy atom. The predicted octanol–water partition coefficient (Wildman–Crippen LogP) is 1.98. The Balaban J connectivity index is 2.12. The standard InChI is InChI=1S/C11H9N3/c1-2-4-11-10(3-1)13-8-9-7-12-5-6-14(9)11/h1,3-8H,2H2. The van der Waals surface area contributed by atoms with Crippen molar-refractivity contribution in [1.82, 2.24) is 4.90 Å². The van der Waals surface area contributed by atoms with E-state index in [-0.39, 0.29) is 0 Å². The molecule has 0 N–H and O–H groups in total. The molecule has 0 fully saturated rings. The Kier molecular flexibility index (Phi) is 1.50. The van der Waals surface area contributed by atoms with Gasteiger partial charge in [-0.05, 0) is 12.5 Å². The van der Waals surface area contributed by atoms with Crippen molar-refractivity contribution in [2.45, 2.75) is 6.42 Å². The van der Waals surface area contributed by atoms with E-state index in [9.17, 15) is 0 Å². The summed E-state index contributed by atoms with van der Waals surface area (Å²) in [6.07, 6.45) is 14.7. The summed E-state index contributed by atoms with van der Waals surface area (Å²) < 4.78 is 0. The molecule has 0 aromatic carbocycles. The van der Waals surface area contributed by atoms with Crippen molar-refractivity contribution in [2.24, 2.45) is 9.98 Å². The van der Waals surface area contributed by atoms with Gasteiger partial charge in [0, 0.05) is 12.4 Å². The Labute approximate surface area is 82.2 Å². The van der Waals surface area contributed by atoms with Crippen molar-refractivity contribution in [3.05, 3.63) is 48.2 Å². The zero-order valence-electron chi connectivity index (χ0n) is 7.59. The molecular formula is C11H9N3. The number of aliphatic imine (C=N–C) groups is 2. The van der Waals surface area contributed by atoms with E-state index in [1.807, 2.05) is 18.6 Å². The molecule has 14 heavy (non-hydrogen) atoms. The minimum atomic E-state index is 0.975. The molecule has 0 saturated heterocycles. The molecule has 68 valence electrons. The molecule has 0 atom stereocenters. The Hall–Kier alpha value is -1.90. The summed E-state index contributed by atoms with van der Waals surface area (Å²) in [6.45, 7) is 0. The van der Waals surface area contributed by atoms with Gasteiger partial charge in [0.25, 0.3) is 0 Å². The van der Waals surface area contributed by atoms with Gasteiger partial charge in [0.1, 0.15) is 0 Å². The fourth-order valence-corrected chi connectivity index (χ4v) is 1.70. The minimum absolute atomic E-state index is 0.975. The van der Waals surface area contributed by atoms with E-state index in [1.165, 1.54) is 0 Å². The molecule has 3 heteroatoms. The average Bonchev–Trinajstić information content (AvgIpc) is 2.29. The molecule has 0 aromatic rings. The lowest BCUT2D eigenvalue weighted by atomic mass is 10.1. The van der Waals surface area contributed by atoms with Crippen LogP contribution in [0.2, 0.25) is 0 Å². The zero-order chi connectivity index (χ0) is 9.38. The van der Waals surface area contributed by atoms with Gasteiger partial charge in [-0.2, -0.15) is 0 Å². The van der Waals surface area contributed by atoms with E-state index < -0.39 is 0 Å². The van der Waals surface area contributed by atoms with Crippen LogP contribution in [0.5, 0.6) is 0 Å². The first kappa shape index (κ1) is 7.50. The quantitative estimate of drug-likeness (QED) is 0.564. The summed E-state index contributed by atoms with van der Waals surface area (Å²) in [6, 6.07) is 0. The summed E-state index contributed by atoms with van der Waals surface area (Å²) in [5.41, 5.74) is 3.21. The fourth-order valence-electron chi connectivity index (χ4n) is 1.70. The molecule has 0 unspecified atom stereocenters. The van der Waals surface area contributed by atoms with Gasteiger partial charge in [-0.25, -0.2) is 0 Å². The molecular weight excluding hydrogens is 174 g/mol. The normalized spacial score (nSPS) is 22.3. The second kappa shape index (κ2) is 2.80. The molecule has 3 rings (SSSR count). The minimum Gasteiger partial charge on any atom is -0.311 e. The highest BCUT2D eigenvalue weighted by molar-refractivity contribution is 6.11. The molecule has 0 amide bonds. The number of allylic oxidation sites excluding steroid dienone is 4. The van der Waals surface area contributed by atoms with Gasteiger partial charge in [0.05, 0.1) is 29.5 Å². The van der Waals surface area contributed by atoms with E-state index >= 15 is 0 Å². The van der Waals surface area contributed by atoms with Crippen LogP contribution in [0.25, 0.3) is 0 Å². The SMILES string of the molecule is C1=CC2=NC=C3C=NC=CN3C2=CC1. The van der Waals surface area contributed by atoms with Gasteiger partial charge in [-0.3, -0.25) is 9.98 Å². The Morgan fingerprint density at radius 2 is 2.36 bits per heavy atom. The van der Waals surface area contributed by atoms with Crippen molar-refractivity contribution in [3.8, 4) is 0 Å². The monoisotopic (exact) mass is 183 g/mol. The third-order valence-electron chi connectivity index (χ3n) is 2.37. The van der Waals surface area contributed by atoms with Crippen LogP contribution in [0.15, 0.2) is 58.2 Å². The van der Waals surface area contributed by atoms with Gasteiger partial charge in [-0.1, -0.05) is 12.2 Å². The van der Waals surface area contributed by atoms with Crippen LogP contribution in [0.4, 0.5) is 0 Å². The van der Waals surface area contributed by atoms with Crippen LogP contribution in [-0.4, -0.2) is 16.8 Å². The highest BCUT2D eigenvalue weighted by Crippen LogP contribution is 2.24. The van der Waals surface area contributed by atoms with Crippen molar-refractivity contribution in [1.29, 1.82) is 0 Å². The Morgan fingerprint density at radius 1 is 1.36 bits per heavy atom. The molecule has 0 saturated carbocycles. The van der Waals surface area contributed by atoms with Crippen LogP contribution >= 0.6 is 0 Å². The van der Waals surface area contributed by atoms with Crippen molar-refractivity contribution in [3.63, 3.8) is 0 Å². The van der Waals surface area contributed by atoms with Gasteiger partial charge < -0.3 is 4.90 Å². The lowest BCUT2D eigenvalue weighted by molar-refractivity contribution is 0.617. The first-order valence-electron chi connectivity index (χ1n) is 4.59. The fraction of sp³-hybridized carbons (Fsp3) is 0.0909.